The van der Waals surface area contributed by atoms with E-state index in [1.807, 2.05) is 0 Å². The Morgan fingerprint density at radius 3 is 1.69 bits per heavy atom. The predicted octanol–water partition coefficient (Wildman–Crippen LogP) is 4.39. The lowest BCUT2D eigenvalue weighted by molar-refractivity contribution is -0.382. The van der Waals surface area contributed by atoms with E-state index >= 15 is 0 Å². The van der Waals surface area contributed by atoms with Crippen LogP contribution in [0.2, 0.25) is 0 Å². The summed E-state index contributed by atoms with van der Waals surface area (Å²) in [5.74, 6) is -15.6. The predicted molar refractivity (Wildman–Crippen MR) is 65.7 cm³/mol. The van der Waals surface area contributed by atoms with Gasteiger partial charge in [0.05, 0.1) is 5.69 Å². The zero-order chi connectivity index (χ0) is 20.6. The molecule has 1 aromatic rings. The molecule has 1 rings (SSSR count). The van der Waals surface area contributed by atoms with E-state index in [2.05, 4.69) is 4.99 Å². The molecule has 0 unspecified atom stereocenters. The number of rotatable bonds is 5. The number of nitrogens with zero attached hydrogens (tertiary/aromatic N) is 2. The Morgan fingerprint density at radius 1 is 0.808 bits per heavy atom. The Hall–Kier alpha value is -2.15. The standard InChI is InChI=1S/C11H4F10N2O2S/c12-6-1-3-7(4-2-6)22-5-23-26(24,25)11(20,21)9(15,16)8(13,14)10(17,18)19/h1-4H. The van der Waals surface area contributed by atoms with Gasteiger partial charge in [-0.15, -0.1) is 0 Å². The second-order valence-corrected chi connectivity index (χ2v) is 6.06. The van der Waals surface area contributed by atoms with Crippen molar-refractivity contribution in [3.63, 3.8) is 0 Å². The summed E-state index contributed by atoms with van der Waals surface area (Å²) in [5.41, 5.74) is -0.374. The first kappa shape index (κ1) is 21.9. The minimum Gasteiger partial charge on any atom is -0.207 e. The Balaban J connectivity index is 3.32. The van der Waals surface area contributed by atoms with E-state index in [1.54, 1.807) is 4.40 Å². The fourth-order valence-corrected chi connectivity index (χ4v) is 1.94. The SMILES string of the molecule is O=S(=O)(N=C=Nc1ccc(F)cc1)C(F)(F)C(F)(F)C(F)(F)C(F)(F)F. The van der Waals surface area contributed by atoms with Crippen LogP contribution < -0.4 is 0 Å². The van der Waals surface area contributed by atoms with Crippen LogP contribution in [0.5, 0.6) is 0 Å². The van der Waals surface area contributed by atoms with Crippen LogP contribution >= 0.6 is 0 Å². The first-order valence-electron chi connectivity index (χ1n) is 5.85. The van der Waals surface area contributed by atoms with Gasteiger partial charge in [0.15, 0.2) is 0 Å². The number of aliphatic imine (C=N–C) groups is 1. The first-order valence-corrected chi connectivity index (χ1v) is 7.29. The first-order chi connectivity index (χ1) is 11.5. The number of hydrogen-bond acceptors (Lipinski definition) is 3. The fraction of sp³-hybridized carbons (Fsp3) is 0.364. The number of hydrogen-bond donors (Lipinski definition) is 0. The highest BCUT2D eigenvalue weighted by Crippen LogP contribution is 2.54. The second kappa shape index (κ2) is 6.54. The van der Waals surface area contributed by atoms with Gasteiger partial charge < -0.3 is 0 Å². The Labute approximate surface area is 137 Å². The van der Waals surface area contributed by atoms with Gasteiger partial charge in [-0.1, -0.05) is 4.40 Å². The highest BCUT2D eigenvalue weighted by atomic mass is 32.2. The largest absolute Gasteiger partial charge is 0.460 e. The van der Waals surface area contributed by atoms with Crippen molar-refractivity contribution in [2.24, 2.45) is 9.39 Å². The van der Waals surface area contributed by atoms with Crippen LogP contribution in [0.15, 0.2) is 33.7 Å². The molecule has 26 heavy (non-hydrogen) atoms. The zero-order valence-corrected chi connectivity index (χ0v) is 12.5. The summed E-state index contributed by atoms with van der Waals surface area (Å²) in [4.78, 5) is 2.89. The molecule has 0 aliphatic carbocycles. The molecule has 146 valence electrons. The molecular formula is C11H4F10N2O2S. The van der Waals surface area contributed by atoms with E-state index in [4.69, 9.17) is 0 Å². The molecule has 0 N–H and O–H groups in total. The van der Waals surface area contributed by atoms with Crippen LogP contribution in [0.4, 0.5) is 49.6 Å². The summed E-state index contributed by atoms with van der Waals surface area (Å²) in [6, 6.07) is 4.09. The van der Waals surface area contributed by atoms with E-state index in [-0.39, 0.29) is 5.69 Å². The van der Waals surface area contributed by atoms with Gasteiger partial charge in [0, 0.05) is 0 Å². The van der Waals surface area contributed by atoms with Gasteiger partial charge in [-0.05, 0) is 24.3 Å². The van der Waals surface area contributed by atoms with Gasteiger partial charge in [0.25, 0.3) is 0 Å². The molecule has 0 aliphatic heterocycles. The molecule has 0 atom stereocenters. The Kier molecular flexibility index (Phi) is 5.50. The van der Waals surface area contributed by atoms with E-state index < -0.39 is 39.1 Å². The molecule has 0 spiro atoms. The van der Waals surface area contributed by atoms with Crippen LogP contribution in [0, 0.1) is 5.82 Å². The number of halogens is 10. The Morgan fingerprint density at radius 2 is 1.27 bits per heavy atom. The van der Waals surface area contributed by atoms with Crippen molar-refractivity contribution < 1.29 is 52.3 Å². The lowest BCUT2D eigenvalue weighted by Crippen LogP contribution is -2.62. The Bertz CT molecular complexity index is 824. The van der Waals surface area contributed by atoms with Crippen molar-refractivity contribution in [3.05, 3.63) is 30.1 Å². The van der Waals surface area contributed by atoms with E-state index in [0.717, 1.165) is 30.3 Å². The molecule has 1 aromatic carbocycles. The summed E-state index contributed by atoms with van der Waals surface area (Å²) in [7, 11) is -6.96. The fourth-order valence-electron chi connectivity index (χ4n) is 1.23. The average Bonchev–Trinajstić information content (AvgIpc) is 2.47. The maximum Gasteiger partial charge on any atom is 0.460 e. The summed E-state index contributed by atoms with van der Waals surface area (Å²) >= 11 is 0. The third-order valence-corrected chi connectivity index (χ3v) is 3.83. The zero-order valence-electron chi connectivity index (χ0n) is 11.7. The van der Waals surface area contributed by atoms with Gasteiger partial charge >= 0.3 is 33.3 Å². The van der Waals surface area contributed by atoms with Gasteiger partial charge in [-0.2, -0.15) is 52.9 Å². The van der Waals surface area contributed by atoms with Crippen LogP contribution in [0.3, 0.4) is 0 Å². The molecule has 0 saturated heterocycles. The van der Waals surface area contributed by atoms with E-state index in [9.17, 15) is 52.3 Å². The van der Waals surface area contributed by atoms with Gasteiger partial charge in [0.1, 0.15) is 11.8 Å². The normalized spacial score (nSPS) is 13.9. The van der Waals surface area contributed by atoms with Crippen LogP contribution in [0.25, 0.3) is 0 Å². The van der Waals surface area contributed by atoms with Crippen molar-refractivity contribution in [2.45, 2.75) is 23.3 Å². The summed E-state index contributed by atoms with van der Waals surface area (Å²) in [5, 5.41) is -6.95. The minimum atomic E-state index is -7.39. The monoisotopic (exact) mass is 418 g/mol. The molecule has 0 saturated carbocycles. The molecule has 0 amide bonds. The molecule has 0 aromatic heterocycles. The smallest absolute Gasteiger partial charge is 0.207 e. The van der Waals surface area contributed by atoms with Gasteiger partial charge in [-0.25, -0.2) is 4.39 Å². The van der Waals surface area contributed by atoms with E-state index in [1.165, 1.54) is 0 Å². The summed E-state index contributed by atoms with van der Waals surface area (Å²) in [6.45, 7) is 0. The maximum absolute atomic E-state index is 13.2. The molecule has 0 radical (unpaired) electrons. The molecule has 0 fully saturated rings. The van der Waals surface area contributed by atoms with Crippen molar-refractivity contribution in [2.75, 3.05) is 0 Å². The highest BCUT2D eigenvalue weighted by molar-refractivity contribution is 7.91. The lowest BCUT2D eigenvalue weighted by Gasteiger charge is -2.31. The summed E-state index contributed by atoms with van der Waals surface area (Å²) < 4.78 is 150. The van der Waals surface area contributed by atoms with Crippen molar-refractivity contribution in [1.29, 1.82) is 0 Å². The van der Waals surface area contributed by atoms with Crippen molar-refractivity contribution >= 4 is 21.7 Å². The molecule has 0 heterocycles. The summed E-state index contributed by atoms with van der Waals surface area (Å²) in [6.07, 6.45) is -7.18. The quantitative estimate of drug-likeness (QED) is 0.526. The number of sulfonamides is 1. The number of alkyl halides is 9. The average molecular weight is 418 g/mol. The molecule has 0 aliphatic rings. The minimum absolute atomic E-state index is 0.374. The van der Waals surface area contributed by atoms with Crippen LogP contribution in [-0.4, -0.2) is 37.7 Å². The van der Waals surface area contributed by atoms with Crippen molar-refractivity contribution in [1.82, 2.24) is 0 Å². The highest BCUT2D eigenvalue weighted by Gasteiger charge is 2.85. The van der Waals surface area contributed by atoms with Gasteiger partial charge in [-0.3, -0.25) is 0 Å². The van der Waals surface area contributed by atoms with Crippen molar-refractivity contribution in [3.8, 4) is 0 Å². The lowest BCUT2D eigenvalue weighted by atomic mass is 10.1. The second-order valence-electron chi connectivity index (χ2n) is 4.42. The van der Waals surface area contributed by atoms with Crippen LogP contribution in [0.1, 0.15) is 0 Å². The molecule has 4 nitrogen and oxygen atoms in total. The maximum atomic E-state index is 13.2. The van der Waals surface area contributed by atoms with E-state index in [0.29, 0.717) is 0 Å². The molecule has 0 bridgehead atoms. The number of benzene rings is 1. The van der Waals surface area contributed by atoms with Gasteiger partial charge in [0.2, 0.25) is 0 Å². The molecule has 15 heteroatoms. The third kappa shape index (κ3) is 3.67. The molecular weight excluding hydrogens is 414 g/mol. The van der Waals surface area contributed by atoms with Crippen LogP contribution in [-0.2, 0) is 10.0 Å². The topological polar surface area (TPSA) is 58.9 Å². The third-order valence-electron chi connectivity index (χ3n) is 2.61.